The predicted molar refractivity (Wildman–Crippen MR) is 168 cm³/mol. The molecule has 0 radical (unpaired) electrons. The molecule has 0 bridgehead atoms. The molecule has 1 aromatic heterocycles. The molecule has 10 nitrogen and oxygen atoms in total. The molecule has 3 aromatic rings. The molecule has 234 valence electrons. The highest BCUT2D eigenvalue weighted by Crippen LogP contribution is 2.41. The van der Waals surface area contributed by atoms with E-state index >= 15 is 0 Å². The Morgan fingerprint density at radius 2 is 1.64 bits per heavy atom. The fourth-order valence-electron chi connectivity index (χ4n) is 6.06. The maximum atomic E-state index is 14.1. The average Bonchev–Trinajstić information content (AvgIpc) is 2.99. The van der Waals surface area contributed by atoms with Gasteiger partial charge in [-0.1, -0.05) is 74.5 Å². The lowest BCUT2D eigenvalue weighted by molar-refractivity contribution is -0.123. The van der Waals surface area contributed by atoms with Gasteiger partial charge in [0.15, 0.2) is 0 Å². The molecule has 44 heavy (non-hydrogen) atoms. The Balaban J connectivity index is 1.31. The lowest BCUT2D eigenvalue weighted by Crippen LogP contribution is -2.63. The molecule has 10 heteroatoms. The van der Waals surface area contributed by atoms with E-state index < -0.39 is 22.7 Å². The van der Waals surface area contributed by atoms with Crippen LogP contribution in [-0.2, 0) is 11.3 Å². The Bertz CT molecular complexity index is 1530. The van der Waals surface area contributed by atoms with E-state index in [0.717, 1.165) is 11.1 Å². The Kier molecular flexibility index (Phi) is 8.57. The number of benzene rings is 2. The monoisotopic (exact) mass is 601 g/mol. The fraction of sp³-hybridized carbons (Fsp3) is 0.471. The molecule has 0 spiro atoms. The first-order chi connectivity index (χ1) is 20.8. The number of nitrogens with zero attached hydrogens (tertiary/aromatic N) is 5. The third kappa shape index (κ3) is 6.65. The Morgan fingerprint density at radius 3 is 2.25 bits per heavy atom. The maximum absolute atomic E-state index is 14.1. The summed E-state index contributed by atoms with van der Waals surface area (Å²) in [4.78, 5) is 49.8. The largest absolute Gasteiger partial charge is 0.444 e. The first kappa shape index (κ1) is 31.3. The van der Waals surface area contributed by atoms with Crippen LogP contribution in [0.25, 0.3) is 11.3 Å². The molecule has 0 aliphatic carbocycles. The molecule has 1 N–H and O–H groups in total. The summed E-state index contributed by atoms with van der Waals surface area (Å²) in [6.45, 7) is 11.1. The summed E-state index contributed by atoms with van der Waals surface area (Å²) in [5, 5.41) is 11.9. The van der Waals surface area contributed by atoms with Crippen LogP contribution in [0.1, 0.15) is 52.6 Å². The van der Waals surface area contributed by atoms with Crippen LogP contribution in [0.3, 0.4) is 0 Å². The molecule has 0 saturated carbocycles. The number of carbonyl (C=O) groups excluding carboxylic acids is 2. The SMILES string of the molecule is CC(C)(C)OC(=O)N1CCN(C(=O)N2CC[C@@](O)(Cn3cnc(-c4ccccc4)cc3=O)C(C)(C)C2)[C@H](c2ccccc2)C1. The van der Waals surface area contributed by atoms with Crippen molar-refractivity contribution in [3.8, 4) is 11.3 Å². The molecular weight excluding hydrogens is 558 g/mol. The number of aliphatic hydroxyl groups is 1. The van der Waals surface area contributed by atoms with Crippen LogP contribution in [0.4, 0.5) is 9.59 Å². The molecule has 3 amide bonds. The Labute approximate surface area is 258 Å². The van der Waals surface area contributed by atoms with Gasteiger partial charge in [0.25, 0.3) is 5.56 Å². The minimum absolute atomic E-state index is 0.0735. The number of aromatic nitrogens is 2. The van der Waals surface area contributed by atoms with Crippen molar-refractivity contribution >= 4 is 12.1 Å². The number of urea groups is 1. The molecule has 2 saturated heterocycles. The number of rotatable bonds is 4. The molecular formula is C34H43N5O5. The summed E-state index contributed by atoms with van der Waals surface area (Å²) in [6, 6.07) is 20.2. The van der Waals surface area contributed by atoms with Crippen molar-refractivity contribution in [3.63, 3.8) is 0 Å². The van der Waals surface area contributed by atoms with Crippen LogP contribution < -0.4 is 5.56 Å². The van der Waals surface area contributed by atoms with Gasteiger partial charge in [-0.15, -0.1) is 0 Å². The summed E-state index contributed by atoms with van der Waals surface area (Å²) < 4.78 is 7.08. The second kappa shape index (κ2) is 12.1. The second-order valence-electron chi connectivity index (χ2n) is 13.5. The molecule has 2 aliphatic rings. The van der Waals surface area contributed by atoms with E-state index in [1.165, 1.54) is 17.0 Å². The summed E-state index contributed by atoms with van der Waals surface area (Å²) >= 11 is 0. The zero-order chi connectivity index (χ0) is 31.7. The fourth-order valence-corrected chi connectivity index (χ4v) is 6.06. The first-order valence-electron chi connectivity index (χ1n) is 15.2. The van der Waals surface area contributed by atoms with Crippen molar-refractivity contribution < 1.29 is 19.4 Å². The summed E-state index contributed by atoms with van der Waals surface area (Å²) in [5.74, 6) is 0. The van der Waals surface area contributed by atoms with Gasteiger partial charge in [-0.2, -0.15) is 0 Å². The highest BCUT2D eigenvalue weighted by atomic mass is 16.6. The molecule has 2 aromatic carbocycles. The van der Waals surface area contributed by atoms with Crippen LogP contribution in [-0.4, -0.2) is 85.4 Å². The Morgan fingerprint density at radius 1 is 0.977 bits per heavy atom. The van der Waals surface area contributed by atoms with Gasteiger partial charge in [-0.05, 0) is 32.8 Å². The third-order valence-electron chi connectivity index (χ3n) is 8.75. The van der Waals surface area contributed by atoms with Gasteiger partial charge in [-0.3, -0.25) is 9.36 Å². The molecule has 5 rings (SSSR count). The van der Waals surface area contributed by atoms with Crippen LogP contribution in [0.2, 0.25) is 0 Å². The van der Waals surface area contributed by atoms with Gasteiger partial charge in [0, 0.05) is 49.8 Å². The number of likely N-dealkylation sites (tertiary alicyclic amines) is 1. The number of ether oxygens (including phenoxy) is 1. The smallest absolute Gasteiger partial charge is 0.410 e. The summed E-state index contributed by atoms with van der Waals surface area (Å²) in [6.07, 6.45) is 1.40. The number of amides is 3. The molecule has 2 atom stereocenters. The topological polar surface area (TPSA) is 108 Å². The number of piperazine rings is 1. The normalized spacial score (nSPS) is 22.0. The third-order valence-corrected chi connectivity index (χ3v) is 8.75. The summed E-state index contributed by atoms with van der Waals surface area (Å²) in [5.41, 5.74) is -0.450. The zero-order valence-electron chi connectivity index (χ0n) is 26.3. The highest BCUT2D eigenvalue weighted by molar-refractivity contribution is 5.76. The van der Waals surface area contributed by atoms with Crippen molar-refractivity contribution in [2.75, 3.05) is 32.7 Å². The minimum atomic E-state index is -1.24. The standard InChI is InChI=1S/C34H43N5O5/c1-32(2,3)44-31(42)36-18-19-39(28(21-36)26-14-10-7-11-15-26)30(41)37-17-16-34(43,33(4,5)22-37)23-38-24-35-27(20-29(38)40)25-12-8-6-9-13-25/h6-15,20,24,28,43H,16-19,21-23H2,1-5H3/t28-,34+/m0/s1. The van der Waals surface area contributed by atoms with Crippen LogP contribution in [0, 0.1) is 5.41 Å². The minimum Gasteiger partial charge on any atom is -0.444 e. The van der Waals surface area contributed by atoms with Crippen LogP contribution in [0.5, 0.6) is 0 Å². The highest BCUT2D eigenvalue weighted by Gasteiger charge is 2.50. The average molecular weight is 602 g/mol. The first-order valence-corrected chi connectivity index (χ1v) is 15.2. The van der Waals surface area contributed by atoms with E-state index in [0.29, 0.717) is 44.8 Å². The van der Waals surface area contributed by atoms with E-state index in [2.05, 4.69) is 4.98 Å². The number of carbonyl (C=O) groups is 2. The molecule has 0 unspecified atom stereocenters. The second-order valence-corrected chi connectivity index (χ2v) is 13.5. The van der Waals surface area contributed by atoms with Crippen molar-refractivity contribution in [2.24, 2.45) is 5.41 Å². The van der Waals surface area contributed by atoms with E-state index in [-0.39, 0.29) is 24.2 Å². The van der Waals surface area contributed by atoms with Crippen LogP contribution in [0.15, 0.2) is 77.9 Å². The van der Waals surface area contributed by atoms with Gasteiger partial charge >= 0.3 is 12.1 Å². The van der Waals surface area contributed by atoms with Gasteiger partial charge in [-0.25, -0.2) is 14.6 Å². The molecule has 3 heterocycles. The lowest BCUT2D eigenvalue weighted by atomic mass is 9.70. The van der Waals surface area contributed by atoms with E-state index in [9.17, 15) is 19.5 Å². The van der Waals surface area contributed by atoms with Gasteiger partial charge < -0.3 is 24.5 Å². The van der Waals surface area contributed by atoms with Crippen molar-refractivity contribution in [1.82, 2.24) is 24.3 Å². The lowest BCUT2D eigenvalue weighted by Gasteiger charge is -2.52. The molecule has 2 fully saturated rings. The maximum Gasteiger partial charge on any atom is 0.410 e. The van der Waals surface area contributed by atoms with E-state index in [1.54, 1.807) is 9.80 Å². The number of hydrogen-bond donors (Lipinski definition) is 1. The van der Waals surface area contributed by atoms with Crippen molar-refractivity contribution in [1.29, 1.82) is 0 Å². The van der Waals surface area contributed by atoms with Gasteiger partial charge in [0.2, 0.25) is 0 Å². The number of piperidine rings is 1. The van der Waals surface area contributed by atoms with Gasteiger partial charge in [0.1, 0.15) is 5.60 Å². The van der Waals surface area contributed by atoms with Crippen molar-refractivity contribution in [3.05, 3.63) is 89.0 Å². The van der Waals surface area contributed by atoms with E-state index in [1.807, 2.05) is 100 Å². The summed E-state index contributed by atoms with van der Waals surface area (Å²) in [7, 11) is 0. The Hall–Kier alpha value is -4.18. The van der Waals surface area contributed by atoms with Crippen LogP contribution >= 0.6 is 0 Å². The van der Waals surface area contributed by atoms with E-state index in [4.69, 9.17) is 4.74 Å². The van der Waals surface area contributed by atoms with Crippen molar-refractivity contribution in [2.45, 2.75) is 64.8 Å². The predicted octanol–water partition coefficient (Wildman–Crippen LogP) is 4.79. The molecule has 2 aliphatic heterocycles. The van der Waals surface area contributed by atoms with Gasteiger partial charge in [0.05, 0.1) is 30.2 Å². The quantitative estimate of drug-likeness (QED) is 0.461. The number of hydrogen-bond acceptors (Lipinski definition) is 6. The zero-order valence-corrected chi connectivity index (χ0v) is 26.3.